The Kier molecular flexibility index (Phi) is 5.06. The first-order valence-electron chi connectivity index (χ1n) is 8.18. The van der Waals surface area contributed by atoms with Crippen LogP contribution in [0.3, 0.4) is 0 Å². The number of alkyl halides is 2. The molecule has 1 saturated heterocycles. The van der Waals surface area contributed by atoms with Gasteiger partial charge >= 0.3 is 0 Å². The van der Waals surface area contributed by atoms with Gasteiger partial charge in [-0.3, -0.25) is 0 Å². The van der Waals surface area contributed by atoms with Gasteiger partial charge in [-0.15, -0.1) is 0 Å². The summed E-state index contributed by atoms with van der Waals surface area (Å²) in [6, 6.07) is 19.7. The number of halogens is 2. The van der Waals surface area contributed by atoms with E-state index in [4.69, 9.17) is 4.74 Å². The minimum atomic E-state index is -2.74. The van der Waals surface area contributed by atoms with E-state index in [-0.39, 0.29) is 5.92 Å². The van der Waals surface area contributed by atoms with Crippen molar-refractivity contribution >= 4 is 0 Å². The molecule has 0 unspecified atom stereocenters. The van der Waals surface area contributed by atoms with Crippen molar-refractivity contribution in [2.24, 2.45) is 11.8 Å². The van der Waals surface area contributed by atoms with Crippen LogP contribution < -0.4 is 0 Å². The van der Waals surface area contributed by atoms with Crippen LogP contribution >= 0.6 is 0 Å². The maximum Gasteiger partial charge on any atom is 0.274 e. The SMILES string of the molecule is FC1(F)COC[C@@H](Cc2ccccc2)[C@H]1CCc1ccccc1. The molecule has 3 heteroatoms. The monoisotopic (exact) mass is 316 g/mol. The van der Waals surface area contributed by atoms with Crippen LogP contribution in [0.2, 0.25) is 0 Å². The van der Waals surface area contributed by atoms with E-state index in [1.54, 1.807) is 0 Å². The smallest absolute Gasteiger partial charge is 0.274 e. The fraction of sp³-hybridized carbons (Fsp3) is 0.400. The fourth-order valence-corrected chi connectivity index (χ4v) is 3.45. The molecule has 0 amide bonds. The van der Waals surface area contributed by atoms with Gasteiger partial charge in [0.1, 0.15) is 6.61 Å². The van der Waals surface area contributed by atoms with Crippen molar-refractivity contribution in [3.05, 3.63) is 71.8 Å². The summed E-state index contributed by atoms with van der Waals surface area (Å²) in [5.74, 6) is -3.51. The van der Waals surface area contributed by atoms with Gasteiger partial charge in [-0.05, 0) is 36.3 Å². The van der Waals surface area contributed by atoms with Crippen LogP contribution in [0.4, 0.5) is 8.78 Å². The third kappa shape index (κ3) is 4.17. The molecule has 0 bridgehead atoms. The van der Waals surface area contributed by atoms with Crippen LogP contribution in [0.5, 0.6) is 0 Å². The molecule has 0 aromatic heterocycles. The maximum atomic E-state index is 14.4. The fourth-order valence-electron chi connectivity index (χ4n) is 3.45. The molecule has 0 radical (unpaired) electrons. The number of ether oxygens (including phenoxy) is 1. The molecule has 3 rings (SSSR count). The second-order valence-corrected chi connectivity index (χ2v) is 6.36. The summed E-state index contributed by atoms with van der Waals surface area (Å²) in [6.07, 6.45) is 1.83. The van der Waals surface area contributed by atoms with Crippen LogP contribution in [0.1, 0.15) is 17.5 Å². The summed E-state index contributed by atoms with van der Waals surface area (Å²) in [6.45, 7) is -0.0261. The van der Waals surface area contributed by atoms with Gasteiger partial charge in [0, 0.05) is 5.92 Å². The Morgan fingerprint density at radius 2 is 1.52 bits per heavy atom. The van der Waals surface area contributed by atoms with E-state index in [0.29, 0.717) is 25.9 Å². The average Bonchev–Trinajstić information content (AvgIpc) is 2.56. The number of rotatable bonds is 5. The highest BCUT2D eigenvalue weighted by molar-refractivity contribution is 5.17. The average molecular weight is 316 g/mol. The molecular formula is C20H22F2O. The van der Waals surface area contributed by atoms with Gasteiger partial charge < -0.3 is 4.74 Å². The number of benzene rings is 2. The molecule has 1 heterocycles. The summed E-state index contributed by atoms with van der Waals surface area (Å²) in [7, 11) is 0. The van der Waals surface area contributed by atoms with E-state index in [1.807, 2.05) is 60.7 Å². The topological polar surface area (TPSA) is 9.23 Å². The lowest BCUT2D eigenvalue weighted by atomic mass is 9.78. The first-order chi connectivity index (χ1) is 11.1. The molecule has 1 nitrogen and oxygen atoms in total. The Morgan fingerprint density at radius 3 is 2.17 bits per heavy atom. The first-order valence-corrected chi connectivity index (χ1v) is 8.18. The van der Waals surface area contributed by atoms with E-state index in [0.717, 1.165) is 11.1 Å². The molecule has 0 saturated carbocycles. The minimum Gasteiger partial charge on any atom is -0.375 e. The highest BCUT2D eigenvalue weighted by Gasteiger charge is 2.47. The van der Waals surface area contributed by atoms with Crippen molar-refractivity contribution in [3.63, 3.8) is 0 Å². The van der Waals surface area contributed by atoms with Gasteiger partial charge in [0.15, 0.2) is 0 Å². The molecule has 1 fully saturated rings. The van der Waals surface area contributed by atoms with Crippen molar-refractivity contribution < 1.29 is 13.5 Å². The molecule has 23 heavy (non-hydrogen) atoms. The summed E-state index contributed by atoms with van der Waals surface area (Å²) >= 11 is 0. The standard InChI is InChI=1S/C20H22F2O/c21-20(22)15-23-14-18(13-17-9-5-2-6-10-17)19(20)12-11-16-7-3-1-4-8-16/h1-10,18-19H,11-15H2/t18-,19-/m1/s1. The number of hydrogen-bond acceptors (Lipinski definition) is 1. The second kappa shape index (κ2) is 7.22. The molecular weight excluding hydrogens is 294 g/mol. The van der Waals surface area contributed by atoms with Gasteiger partial charge in [0.05, 0.1) is 6.61 Å². The normalized spacial score (nSPS) is 23.6. The molecule has 0 N–H and O–H groups in total. The number of aryl methyl sites for hydroxylation is 1. The minimum absolute atomic E-state index is 0.134. The third-order valence-corrected chi connectivity index (χ3v) is 4.67. The largest absolute Gasteiger partial charge is 0.375 e. The lowest BCUT2D eigenvalue weighted by Gasteiger charge is -2.38. The van der Waals surface area contributed by atoms with Crippen molar-refractivity contribution in [2.45, 2.75) is 25.2 Å². The summed E-state index contributed by atoms with van der Waals surface area (Å²) in [4.78, 5) is 0. The molecule has 0 aliphatic carbocycles. The van der Waals surface area contributed by atoms with E-state index in [2.05, 4.69) is 0 Å². The molecule has 2 aromatic rings. The molecule has 2 atom stereocenters. The molecule has 122 valence electrons. The van der Waals surface area contributed by atoms with Gasteiger partial charge in [-0.1, -0.05) is 60.7 Å². The van der Waals surface area contributed by atoms with Crippen molar-refractivity contribution in [2.75, 3.05) is 13.2 Å². The number of hydrogen-bond donors (Lipinski definition) is 0. The zero-order valence-electron chi connectivity index (χ0n) is 13.1. The van der Waals surface area contributed by atoms with Crippen LogP contribution in [-0.4, -0.2) is 19.1 Å². The Labute approximate surface area is 136 Å². The van der Waals surface area contributed by atoms with Crippen LogP contribution in [0.15, 0.2) is 60.7 Å². The quantitative estimate of drug-likeness (QED) is 0.773. The summed E-state index contributed by atoms with van der Waals surface area (Å²) in [5, 5.41) is 0. The van der Waals surface area contributed by atoms with Crippen LogP contribution in [0, 0.1) is 11.8 Å². The van der Waals surface area contributed by atoms with E-state index in [9.17, 15) is 8.78 Å². The predicted molar refractivity (Wildman–Crippen MR) is 87.7 cm³/mol. The molecule has 1 aliphatic rings. The van der Waals surface area contributed by atoms with Crippen LogP contribution in [-0.2, 0) is 17.6 Å². The van der Waals surface area contributed by atoms with E-state index in [1.165, 1.54) is 0 Å². The van der Waals surface area contributed by atoms with Gasteiger partial charge in [0.25, 0.3) is 5.92 Å². The Balaban J connectivity index is 1.71. The predicted octanol–water partition coefficient (Wildman–Crippen LogP) is 4.76. The highest BCUT2D eigenvalue weighted by atomic mass is 19.3. The lowest BCUT2D eigenvalue weighted by molar-refractivity contribution is -0.181. The highest BCUT2D eigenvalue weighted by Crippen LogP contribution is 2.39. The van der Waals surface area contributed by atoms with Crippen LogP contribution in [0.25, 0.3) is 0 Å². The zero-order chi connectivity index (χ0) is 16.1. The Hall–Kier alpha value is -1.74. The zero-order valence-corrected chi connectivity index (χ0v) is 13.1. The van der Waals surface area contributed by atoms with Gasteiger partial charge in [-0.25, -0.2) is 8.78 Å². The maximum absolute atomic E-state index is 14.4. The summed E-state index contributed by atoms with van der Waals surface area (Å²) in [5.41, 5.74) is 2.22. The Morgan fingerprint density at radius 1 is 0.913 bits per heavy atom. The van der Waals surface area contributed by atoms with Crippen molar-refractivity contribution in [1.82, 2.24) is 0 Å². The van der Waals surface area contributed by atoms with E-state index < -0.39 is 18.4 Å². The molecule has 0 spiro atoms. The van der Waals surface area contributed by atoms with Crippen molar-refractivity contribution in [1.29, 1.82) is 0 Å². The molecule has 2 aromatic carbocycles. The summed E-state index contributed by atoms with van der Waals surface area (Å²) < 4.78 is 34.0. The van der Waals surface area contributed by atoms with E-state index >= 15 is 0 Å². The molecule has 1 aliphatic heterocycles. The first kappa shape index (κ1) is 16.1. The van der Waals surface area contributed by atoms with Crippen molar-refractivity contribution in [3.8, 4) is 0 Å². The van der Waals surface area contributed by atoms with Gasteiger partial charge in [0.2, 0.25) is 0 Å². The Bertz CT molecular complexity index is 598. The lowest BCUT2D eigenvalue weighted by Crippen LogP contribution is -2.46. The second-order valence-electron chi connectivity index (χ2n) is 6.36. The van der Waals surface area contributed by atoms with Gasteiger partial charge in [-0.2, -0.15) is 0 Å². The third-order valence-electron chi connectivity index (χ3n) is 4.67.